The summed E-state index contributed by atoms with van der Waals surface area (Å²) in [6, 6.07) is 13.7. The number of nitrogens with zero attached hydrogens (tertiary/aromatic N) is 1. The number of amides is 2. The smallest absolute Gasteiger partial charge is 0.329 e. The van der Waals surface area contributed by atoms with Gasteiger partial charge in [-0.05, 0) is 54.1 Å². The van der Waals surface area contributed by atoms with Gasteiger partial charge in [-0.2, -0.15) is 5.10 Å². The van der Waals surface area contributed by atoms with Gasteiger partial charge in [0, 0.05) is 5.69 Å². The van der Waals surface area contributed by atoms with Crippen molar-refractivity contribution in [3.8, 4) is 11.5 Å². The number of anilines is 1. The van der Waals surface area contributed by atoms with Gasteiger partial charge in [0.05, 0.1) is 6.21 Å². The number of rotatable bonds is 9. The molecule has 7 heteroatoms. The molecule has 0 atom stereocenters. The maximum absolute atomic E-state index is 11.9. The molecular formula is C21H21N3O4. The molecule has 0 unspecified atom stereocenters. The third-order valence-corrected chi connectivity index (χ3v) is 3.31. The van der Waals surface area contributed by atoms with Crippen molar-refractivity contribution in [2.75, 3.05) is 18.5 Å². The van der Waals surface area contributed by atoms with Gasteiger partial charge in [0.2, 0.25) is 0 Å². The predicted molar refractivity (Wildman–Crippen MR) is 109 cm³/mol. The average Bonchev–Trinajstić information content (AvgIpc) is 2.72. The molecule has 0 aliphatic carbocycles. The standard InChI is InChI=1S/C21H21N3O4/c1-3-13-27-18-9-5-16(6-10-18)15-22-24-21(26)20(25)23-17-7-11-19(12-8-17)28-14-4-2/h3-12,15H,1-2,13-14H2,(H,23,25)(H,24,26)/b22-15-. The fourth-order valence-corrected chi connectivity index (χ4v) is 2.00. The summed E-state index contributed by atoms with van der Waals surface area (Å²) in [5.74, 6) is -0.381. The normalized spacial score (nSPS) is 10.1. The van der Waals surface area contributed by atoms with Crippen LogP contribution in [0, 0.1) is 0 Å². The second kappa shape index (κ2) is 11.0. The number of hydrogen-bond acceptors (Lipinski definition) is 5. The van der Waals surface area contributed by atoms with E-state index in [-0.39, 0.29) is 0 Å². The Kier molecular flexibility index (Phi) is 8.01. The lowest BCUT2D eigenvalue weighted by Crippen LogP contribution is -2.32. The van der Waals surface area contributed by atoms with Crippen molar-refractivity contribution in [1.82, 2.24) is 5.43 Å². The van der Waals surface area contributed by atoms with Crippen LogP contribution in [-0.2, 0) is 9.59 Å². The number of carbonyl (C=O) groups excluding carboxylic acids is 2. The summed E-state index contributed by atoms with van der Waals surface area (Å²) in [4.78, 5) is 23.7. The molecule has 2 N–H and O–H groups in total. The van der Waals surface area contributed by atoms with Gasteiger partial charge in [-0.3, -0.25) is 9.59 Å². The lowest BCUT2D eigenvalue weighted by Gasteiger charge is -2.06. The molecule has 0 bridgehead atoms. The first-order valence-corrected chi connectivity index (χ1v) is 8.44. The summed E-state index contributed by atoms with van der Waals surface area (Å²) >= 11 is 0. The van der Waals surface area contributed by atoms with Crippen LogP contribution in [0.2, 0.25) is 0 Å². The van der Waals surface area contributed by atoms with E-state index >= 15 is 0 Å². The maximum atomic E-state index is 11.9. The molecule has 2 amide bonds. The Morgan fingerprint density at radius 1 is 0.857 bits per heavy atom. The Morgan fingerprint density at radius 3 is 1.93 bits per heavy atom. The molecule has 7 nitrogen and oxygen atoms in total. The number of hydrogen-bond donors (Lipinski definition) is 2. The lowest BCUT2D eigenvalue weighted by molar-refractivity contribution is -0.136. The second-order valence-corrected chi connectivity index (χ2v) is 5.45. The van der Waals surface area contributed by atoms with E-state index in [0.717, 1.165) is 5.56 Å². The van der Waals surface area contributed by atoms with E-state index in [1.807, 2.05) is 0 Å². The average molecular weight is 379 g/mol. The van der Waals surface area contributed by atoms with Gasteiger partial charge in [0.1, 0.15) is 24.7 Å². The summed E-state index contributed by atoms with van der Waals surface area (Å²) in [6.07, 6.45) is 4.71. The van der Waals surface area contributed by atoms with Gasteiger partial charge in [-0.1, -0.05) is 25.3 Å². The van der Waals surface area contributed by atoms with Gasteiger partial charge in [-0.15, -0.1) is 0 Å². The largest absolute Gasteiger partial charge is 0.490 e. The molecule has 28 heavy (non-hydrogen) atoms. The van der Waals surface area contributed by atoms with Crippen molar-refractivity contribution in [2.24, 2.45) is 5.10 Å². The van der Waals surface area contributed by atoms with Crippen LogP contribution >= 0.6 is 0 Å². The van der Waals surface area contributed by atoms with E-state index in [2.05, 4.69) is 29.0 Å². The Bertz CT molecular complexity index is 843. The minimum absolute atomic E-state index is 0.386. The summed E-state index contributed by atoms with van der Waals surface area (Å²) in [6.45, 7) is 7.95. The van der Waals surface area contributed by atoms with Gasteiger partial charge >= 0.3 is 11.8 Å². The highest BCUT2D eigenvalue weighted by Gasteiger charge is 2.12. The molecular weight excluding hydrogens is 358 g/mol. The van der Waals surface area contributed by atoms with Crippen molar-refractivity contribution < 1.29 is 19.1 Å². The zero-order valence-electron chi connectivity index (χ0n) is 15.3. The summed E-state index contributed by atoms with van der Waals surface area (Å²) in [5.41, 5.74) is 3.38. The molecule has 2 aromatic rings. The molecule has 2 aromatic carbocycles. The number of hydrazone groups is 1. The van der Waals surface area contributed by atoms with Gasteiger partial charge in [0.15, 0.2) is 0 Å². The van der Waals surface area contributed by atoms with Crippen LogP contribution in [0.3, 0.4) is 0 Å². The van der Waals surface area contributed by atoms with Crippen molar-refractivity contribution in [1.29, 1.82) is 0 Å². The van der Waals surface area contributed by atoms with E-state index in [0.29, 0.717) is 30.4 Å². The zero-order chi connectivity index (χ0) is 20.2. The van der Waals surface area contributed by atoms with Crippen LogP contribution in [0.1, 0.15) is 5.56 Å². The minimum atomic E-state index is -0.880. The molecule has 0 spiro atoms. The number of benzene rings is 2. The lowest BCUT2D eigenvalue weighted by atomic mass is 10.2. The Morgan fingerprint density at radius 2 is 1.39 bits per heavy atom. The fourth-order valence-electron chi connectivity index (χ4n) is 2.00. The number of nitrogens with one attached hydrogen (secondary N) is 2. The van der Waals surface area contributed by atoms with Gasteiger partial charge in [0.25, 0.3) is 0 Å². The summed E-state index contributed by atoms with van der Waals surface area (Å²) < 4.78 is 10.7. The molecule has 0 aromatic heterocycles. The molecule has 144 valence electrons. The van der Waals surface area contributed by atoms with E-state index in [1.165, 1.54) is 6.21 Å². The number of ether oxygens (including phenoxy) is 2. The molecule has 0 saturated carbocycles. The van der Waals surface area contributed by atoms with Gasteiger partial charge in [-0.25, -0.2) is 5.43 Å². The summed E-state index contributed by atoms with van der Waals surface area (Å²) in [5, 5.41) is 6.25. The molecule has 0 aliphatic heterocycles. The first-order chi connectivity index (χ1) is 13.6. The van der Waals surface area contributed by atoms with Crippen LogP contribution in [0.15, 0.2) is 78.9 Å². The van der Waals surface area contributed by atoms with E-state index in [4.69, 9.17) is 9.47 Å². The van der Waals surface area contributed by atoms with Crippen LogP contribution in [0.5, 0.6) is 11.5 Å². The van der Waals surface area contributed by atoms with Crippen molar-refractivity contribution in [3.05, 3.63) is 79.4 Å². The second-order valence-electron chi connectivity index (χ2n) is 5.45. The first kappa shape index (κ1) is 20.4. The maximum Gasteiger partial charge on any atom is 0.329 e. The first-order valence-electron chi connectivity index (χ1n) is 8.44. The molecule has 0 radical (unpaired) electrons. The third kappa shape index (κ3) is 6.80. The van der Waals surface area contributed by atoms with Crippen LogP contribution in [0.25, 0.3) is 0 Å². The predicted octanol–water partition coefficient (Wildman–Crippen LogP) is 2.91. The Labute approximate surface area is 163 Å². The van der Waals surface area contributed by atoms with Crippen LogP contribution < -0.4 is 20.2 Å². The highest BCUT2D eigenvalue weighted by molar-refractivity contribution is 6.39. The minimum Gasteiger partial charge on any atom is -0.490 e. The van der Waals surface area contributed by atoms with Crippen LogP contribution in [-0.4, -0.2) is 31.2 Å². The van der Waals surface area contributed by atoms with Crippen molar-refractivity contribution in [2.45, 2.75) is 0 Å². The van der Waals surface area contributed by atoms with Crippen molar-refractivity contribution in [3.63, 3.8) is 0 Å². The Balaban J connectivity index is 1.81. The van der Waals surface area contributed by atoms with E-state index in [1.54, 1.807) is 60.7 Å². The molecule has 0 aliphatic rings. The molecule has 2 rings (SSSR count). The zero-order valence-corrected chi connectivity index (χ0v) is 15.3. The fraction of sp³-hybridized carbons (Fsp3) is 0.0952. The molecule has 0 fully saturated rings. The van der Waals surface area contributed by atoms with Crippen LogP contribution in [0.4, 0.5) is 5.69 Å². The quantitative estimate of drug-likeness (QED) is 0.303. The highest BCUT2D eigenvalue weighted by Crippen LogP contribution is 2.15. The monoisotopic (exact) mass is 379 g/mol. The van der Waals surface area contributed by atoms with Crippen molar-refractivity contribution >= 4 is 23.7 Å². The third-order valence-electron chi connectivity index (χ3n) is 3.31. The van der Waals surface area contributed by atoms with Gasteiger partial charge < -0.3 is 14.8 Å². The topological polar surface area (TPSA) is 89.0 Å². The highest BCUT2D eigenvalue weighted by atomic mass is 16.5. The molecule has 0 heterocycles. The van der Waals surface area contributed by atoms with E-state index in [9.17, 15) is 9.59 Å². The molecule has 0 saturated heterocycles. The Hall–Kier alpha value is -3.87. The summed E-state index contributed by atoms with van der Waals surface area (Å²) in [7, 11) is 0. The SMILES string of the molecule is C=CCOc1ccc(/C=N\NC(=O)C(=O)Nc2ccc(OCC=C)cc2)cc1. The number of carbonyl (C=O) groups is 2. The van der Waals surface area contributed by atoms with E-state index < -0.39 is 11.8 Å².